The number of ether oxygens (including phenoxy) is 1. The summed E-state index contributed by atoms with van der Waals surface area (Å²) < 4.78 is 5.39. The lowest BCUT2D eigenvalue weighted by Gasteiger charge is -2.26. The number of thioether (sulfide) groups is 1. The third-order valence-corrected chi connectivity index (χ3v) is 4.43. The standard InChI is InChI=1S/C18H30O3S/c1-17(2,3)15(19)13-9-7-11-14(12-8-10-13)21-16(20)22-18(4,5)6/h7,11,13-14H,8-10,12H2,1-6H3/b11-7+. The van der Waals surface area contributed by atoms with Gasteiger partial charge in [-0.2, -0.15) is 0 Å². The number of hydrogen-bond acceptors (Lipinski definition) is 4. The number of ketones is 1. The molecule has 4 heteroatoms. The van der Waals surface area contributed by atoms with Crippen molar-refractivity contribution < 1.29 is 14.3 Å². The molecule has 0 saturated carbocycles. The lowest BCUT2D eigenvalue weighted by Crippen LogP contribution is -2.29. The minimum atomic E-state index is -0.285. The molecule has 0 aromatic heterocycles. The van der Waals surface area contributed by atoms with E-state index in [1.54, 1.807) is 0 Å². The predicted molar refractivity (Wildman–Crippen MR) is 93.2 cm³/mol. The molecular weight excluding hydrogens is 296 g/mol. The Kier molecular flexibility index (Phi) is 6.72. The van der Waals surface area contributed by atoms with Crippen molar-refractivity contribution in [3.05, 3.63) is 12.2 Å². The largest absolute Gasteiger partial charge is 0.450 e. The van der Waals surface area contributed by atoms with Gasteiger partial charge >= 0.3 is 5.30 Å². The molecule has 0 N–H and O–H groups in total. The van der Waals surface area contributed by atoms with Gasteiger partial charge in [0.25, 0.3) is 0 Å². The van der Waals surface area contributed by atoms with Crippen LogP contribution in [0.4, 0.5) is 4.79 Å². The quantitative estimate of drug-likeness (QED) is 0.504. The van der Waals surface area contributed by atoms with Gasteiger partial charge < -0.3 is 4.74 Å². The maximum absolute atomic E-state index is 12.4. The molecule has 2 atom stereocenters. The fourth-order valence-corrected chi connectivity index (χ4v) is 3.19. The second-order valence-corrected chi connectivity index (χ2v) is 9.79. The van der Waals surface area contributed by atoms with Crippen LogP contribution in [0.5, 0.6) is 0 Å². The fraction of sp³-hybridized carbons (Fsp3) is 0.778. The van der Waals surface area contributed by atoms with Crippen molar-refractivity contribution in [2.45, 2.75) is 78.1 Å². The van der Waals surface area contributed by atoms with Gasteiger partial charge in [-0.25, -0.2) is 4.79 Å². The Morgan fingerprint density at radius 3 is 2.27 bits per heavy atom. The van der Waals surface area contributed by atoms with Crippen molar-refractivity contribution >= 4 is 22.8 Å². The van der Waals surface area contributed by atoms with Crippen LogP contribution in [0.2, 0.25) is 0 Å². The zero-order chi connectivity index (χ0) is 17.0. The van der Waals surface area contributed by atoms with Gasteiger partial charge in [0, 0.05) is 16.1 Å². The summed E-state index contributed by atoms with van der Waals surface area (Å²) in [5.74, 6) is 0.424. The van der Waals surface area contributed by atoms with E-state index in [1.165, 1.54) is 11.8 Å². The van der Waals surface area contributed by atoms with Crippen molar-refractivity contribution in [3.8, 4) is 0 Å². The van der Waals surface area contributed by atoms with Gasteiger partial charge in [-0.15, -0.1) is 0 Å². The molecule has 126 valence electrons. The number of Topliss-reactive ketones (excluding diaryl/α,β-unsaturated/α-hetero) is 1. The summed E-state index contributed by atoms with van der Waals surface area (Å²) in [6.07, 6.45) is 7.12. The molecule has 0 fully saturated rings. The van der Waals surface area contributed by atoms with E-state index in [1.807, 2.05) is 53.7 Å². The Labute approximate surface area is 139 Å². The van der Waals surface area contributed by atoms with Crippen LogP contribution in [-0.4, -0.2) is 21.9 Å². The van der Waals surface area contributed by atoms with Crippen LogP contribution in [0.15, 0.2) is 12.2 Å². The molecule has 22 heavy (non-hydrogen) atoms. The predicted octanol–water partition coefficient (Wildman–Crippen LogP) is 5.38. The first-order valence-electron chi connectivity index (χ1n) is 8.09. The van der Waals surface area contributed by atoms with Gasteiger partial charge in [-0.3, -0.25) is 4.79 Å². The number of rotatable bonds is 2. The number of hydrogen-bond donors (Lipinski definition) is 0. The maximum Gasteiger partial charge on any atom is 0.368 e. The SMILES string of the molecule is CC(C)(C)SC(=O)OC1/C=C/CC(C(=O)C(C)(C)C)CCC1. The van der Waals surface area contributed by atoms with Crippen LogP contribution < -0.4 is 0 Å². The molecule has 3 nitrogen and oxygen atoms in total. The van der Waals surface area contributed by atoms with Crippen LogP contribution in [0.25, 0.3) is 0 Å². The zero-order valence-corrected chi connectivity index (χ0v) is 15.6. The van der Waals surface area contributed by atoms with E-state index in [-0.39, 0.29) is 27.5 Å². The Morgan fingerprint density at radius 2 is 1.73 bits per heavy atom. The molecule has 0 aromatic rings. The van der Waals surface area contributed by atoms with Gasteiger partial charge in [0.15, 0.2) is 0 Å². The molecule has 0 saturated heterocycles. The van der Waals surface area contributed by atoms with Crippen molar-refractivity contribution in [3.63, 3.8) is 0 Å². The van der Waals surface area contributed by atoms with Crippen LogP contribution in [0.3, 0.4) is 0 Å². The molecule has 2 unspecified atom stereocenters. The van der Waals surface area contributed by atoms with Gasteiger partial charge in [0.2, 0.25) is 0 Å². The minimum Gasteiger partial charge on any atom is -0.450 e. The van der Waals surface area contributed by atoms with Crippen molar-refractivity contribution in [2.24, 2.45) is 11.3 Å². The highest BCUT2D eigenvalue weighted by Gasteiger charge is 2.29. The summed E-state index contributed by atoms with van der Waals surface area (Å²) in [4.78, 5) is 24.3. The summed E-state index contributed by atoms with van der Waals surface area (Å²) >= 11 is 1.22. The first kappa shape index (κ1) is 19.3. The monoisotopic (exact) mass is 326 g/mol. The highest BCUT2D eigenvalue weighted by Crippen LogP contribution is 2.30. The summed E-state index contributed by atoms with van der Waals surface area (Å²) in [6.45, 7) is 11.9. The summed E-state index contributed by atoms with van der Waals surface area (Å²) in [7, 11) is 0. The first-order valence-corrected chi connectivity index (χ1v) is 8.91. The molecule has 1 rings (SSSR count). The Morgan fingerprint density at radius 1 is 1.09 bits per heavy atom. The zero-order valence-electron chi connectivity index (χ0n) is 14.8. The highest BCUT2D eigenvalue weighted by atomic mass is 32.2. The molecule has 0 spiro atoms. The maximum atomic E-state index is 12.4. The van der Waals surface area contributed by atoms with Crippen LogP contribution in [0, 0.1) is 11.3 Å². The van der Waals surface area contributed by atoms with Crippen LogP contribution in [0.1, 0.15) is 67.2 Å². The summed E-state index contributed by atoms with van der Waals surface area (Å²) in [6, 6.07) is 0. The highest BCUT2D eigenvalue weighted by molar-refractivity contribution is 8.14. The van der Waals surface area contributed by atoms with Crippen LogP contribution in [-0.2, 0) is 9.53 Å². The fourth-order valence-electron chi connectivity index (χ4n) is 2.52. The molecule has 0 bridgehead atoms. The molecule has 1 aliphatic carbocycles. The van der Waals surface area contributed by atoms with E-state index in [0.29, 0.717) is 5.78 Å². The van der Waals surface area contributed by atoms with E-state index >= 15 is 0 Å². The molecule has 0 aliphatic heterocycles. The molecule has 0 radical (unpaired) electrons. The van der Waals surface area contributed by atoms with Gasteiger partial charge in [0.1, 0.15) is 11.9 Å². The summed E-state index contributed by atoms with van der Waals surface area (Å²) in [5.41, 5.74) is -0.285. The molecular formula is C18H30O3S. The topological polar surface area (TPSA) is 43.4 Å². The molecule has 0 aromatic carbocycles. The van der Waals surface area contributed by atoms with Gasteiger partial charge in [0.05, 0.1) is 0 Å². The smallest absolute Gasteiger partial charge is 0.368 e. The summed E-state index contributed by atoms with van der Waals surface area (Å²) in [5, 5.41) is -0.218. The Balaban J connectivity index is 2.56. The lowest BCUT2D eigenvalue weighted by molar-refractivity contribution is -0.130. The van der Waals surface area contributed by atoms with Crippen molar-refractivity contribution in [2.75, 3.05) is 0 Å². The lowest BCUT2D eigenvalue weighted by atomic mass is 9.78. The van der Waals surface area contributed by atoms with Gasteiger partial charge in [-0.1, -0.05) is 47.6 Å². The molecule has 0 amide bonds. The van der Waals surface area contributed by atoms with E-state index in [9.17, 15) is 9.59 Å². The number of carbonyl (C=O) groups excluding carboxylic acids is 2. The normalized spacial score (nSPS) is 25.0. The van der Waals surface area contributed by atoms with Crippen LogP contribution >= 0.6 is 11.8 Å². The first-order chi connectivity index (χ1) is 9.99. The third kappa shape index (κ3) is 6.99. The van der Waals surface area contributed by atoms with Crippen molar-refractivity contribution in [1.29, 1.82) is 0 Å². The van der Waals surface area contributed by atoms with E-state index in [4.69, 9.17) is 4.74 Å². The average Bonchev–Trinajstić information content (AvgIpc) is 2.28. The second-order valence-electron chi connectivity index (χ2n) is 8.03. The average molecular weight is 327 g/mol. The van der Waals surface area contributed by atoms with Crippen molar-refractivity contribution in [1.82, 2.24) is 0 Å². The second kappa shape index (κ2) is 7.67. The number of carbonyl (C=O) groups is 2. The van der Waals surface area contributed by atoms with Gasteiger partial charge in [-0.05, 0) is 43.5 Å². The number of allylic oxidation sites excluding steroid dienone is 1. The Bertz CT molecular complexity index is 427. The Hall–Kier alpha value is -0.770. The van der Waals surface area contributed by atoms with E-state index in [2.05, 4.69) is 0 Å². The third-order valence-electron chi connectivity index (χ3n) is 3.56. The van der Waals surface area contributed by atoms with E-state index in [0.717, 1.165) is 25.7 Å². The van der Waals surface area contributed by atoms with E-state index < -0.39 is 0 Å². The molecule has 1 aliphatic rings. The molecule has 0 heterocycles. The minimum absolute atomic E-state index is 0.0943.